The van der Waals surface area contributed by atoms with E-state index >= 15 is 0 Å². The van der Waals surface area contributed by atoms with Crippen molar-refractivity contribution in [1.82, 2.24) is 15.1 Å². The van der Waals surface area contributed by atoms with Gasteiger partial charge >= 0.3 is 0 Å². The van der Waals surface area contributed by atoms with Crippen LogP contribution in [0.4, 0.5) is 5.69 Å². The molecule has 0 unspecified atom stereocenters. The minimum atomic E-state index is -0.125. The van der Waals surface area contributed by atoms with Crippen LogP contribution in [0.25, 0.3) is 0 Å². The maximum atomic E-state index is 12.0. The van der Waals surface area contributed by atoms with Crippen LogP contribution < -0.4 is 20.9 Å². The van der Waals surface area contributed by atoms with Crippen molar-refractivity contribution in [2.24, 2.45) is 0 Å². The molecule has 2 aromatic rings. The Hall–Kier alpha value is -2.34. The number of hydrogen-bond donors (Lipinski definition) is 2. The van der Waals surface area contributed by atoms with Gasteiger partial charge in [0, 0.05) is 19.2 Å². The summed E-state index contributed by atoms with van der Waals surface area (Å²) in [6.45, 7) is 2.02. The van der Waals surface area contributed by atoms with Gasteiger partial charge in [0.2, 0.25) is 0 Å². The lowest BCUT2D eigenvalue weighted by atomic mass is 10.2. The summed E-state index contributed by atoms with van der Waals surface area (Å²) in [6, 6.07) is 9.15. The second-order valence-electron chi connectivity index (χ2n) is 4.62. The molecule has 1 aromatic carbocycles. The number of nitrogens with one attached hydrogen (secondary N) is 2. The van der Waals surface area contributed by atoms with E-state index < -0.39 is 0 Å². The monoisotopic (exact) mass is 288 g/mol. The van der Waals surface area contributed by atoms with E-state index in [0.717, 1.165) is 30.1 Å². The molecule has 0 aliphatic rings. The van der Waals surface area contributed by atoms with Crippen LogP contribution in [0, 0.1) is 0 Å². The maximum absolute atomic E-state index is 12.0. The first kappa shape index (κ1) is 15.1. The van der Waals surface area contributed by atoms with Gasteiger partial charge in [0.25, 0.3) is 5.56 Å². The Balaban J connectivity index is 2.04. The van der Waals surface area contributed by atoms with Crippen molar-refractivity contribution in [1.29, 1.82) is 0 Å². The normalized spacial score (nSPS) is 10.4. The SMILES string of the molecule is CNCCNc1cnn(Cc2ccc(OC)cc2)c(=O)c1. The highest BCUT2D eigenvalue weighted by Crippen LogP contribution is 2.11. The van der Waals surface area contributed by atoms with Crippen LogP contribution in [-0.4, -0.2) is 37.0 Å². The predicted molar refractivity (Wildman–Crippen MR) is 83.0 cm³/mol. The summed E-state index contributed by atoms with van der Waals surface area (Å²) < 4.78 is 6.54. The Morgan fingerprint density at radius 1 is 1.24 bits per heavy atom. The molecule has 6 heteroatoms. The van der Waals surface area contributed by atoms with Crippen molar-refractivity contribution in [2.75, 3.05) is 32.6 Å². The molecule has 1 heterocycles. The Labute approximate surface area is 123 Å². The molecule has 1 aromatic heterocycles. The lowest BCUT2D eigenvalue weighted by Crippen LogP contribution is -2.24. The van der Waals surface area contributed by atoms with Crippen LogP contribution in [0.1, 0.15) is 5.56 Å². The van der Waals surface area contributed by atoms with Gasteiger partial charge in [0.05, 0.1) is 25.5 Å². The molecule has 0 amide bonds. The van der Waals surface area contributed by atoms with Crippen molar-refractivity contribution in [3.05, 3.63) is 52.4 Å². The van der Waals surface area contributed by atoms with Crippen LogP contribution >= 0.6 is 0 Å². The first-order valence-electron chi connectivity index (χ1n) is 6.81. The summed E-state index contributed by atoms with van der Waals surface area (Å²) in [4.78, 5) is 12.0. The fourth-order valence-corrected chi connectivity index (χ4v) is 1.88. The number of nitrogens with zero attached hydrogens (tertiary/aromatic N) is 2. The van der Waals surface area contributed by atoms with Crippen molar-refractivity contribution >= 4 is 5.69 Å². The first-order valence-corrected chi connectivity index (χ1v) is 6.81. The van der Waals surface area contributed by atoms with Crippen molar-refractivity contribution in [3.8, 4) is 5.75 Å². The standard InChI is InChI=1S/C15H20N4O2/c1-16-7-8-17-13-9-15(20)19(18-10-13)11-12-3-5-14(21-2)6-4-12/h3-6,9-10,16-17H,7-8,11H2,1-2H3. The summed E-state index contributed by atoms with van der Waals surface area (Å²) in [5, 5.41) is 10.4. The molecule has 0 aliphatic carbocycles. The molecule has 21 heavy (non-hydrogen) atoms. The lowest BCUT2D eigenvalue weighted by molar-refractivity contribution is 0.414. The van der Waals surface area contributed by atoms with Gasteiger partial charge in [-0.2, -0.15) is 5.10 Å². The number of hydrogen-bond acceptors (Lipinski definition) is 5. The highest BCUT2D eigenvalue weighted by Gasteiger charge is 2.02. The number of anilines is 1. The summed E-state index contributed by atoms with van der Waals surface area (Å²) in [7, 11) is 3.51. The molecule has 0 spiro atoms. The summed E-state index contributed by atoms with van der Waals surface area (Å²) in [5.41, 5.74) is 1.61. The largest absolute Gasteiger partial charge is 0.497 e. The number of rotatable bonds is 7. The van der Waals surface area contributed by atoms with Gasteiger partial charge in [-0.15, -0.1) is 0 Å². The van der Waals surface area contributed by atoms with E-state index in [2.05, 4.69) is 15.7 Å². The van der Waals surface area contributed by atoms with Crippen LogP contribution in [0.3, 0.4) is 0 Å². The van der Waals surface area contributed by atoms with E-state index in [4.69, 9.17) is 4.74 Å². The Bertz CT molecular complexity index is 622. The molecule has 6 nitrogen and oxygen atoms in total. The third kappa shape index (κ3) is 4.32. The molecule has 0 saturated carbocycles. The Morgan fingerprint density at radius 2 is 2.00 bits per heavy atom. The van der Waals surface area contributed by atoms with Gasteiger partial charge in [-0.1, -0.05) is 12.1 Å². The predicted octanol–water partition coefficient (Wildman–Crippen LogP) is 0.931. The van der Waals surface area contributed by atoms with E-state index in [0.29, 0.717) is 6.54 Å². The molecule has 0 fully saturated rings. The van der Waals surface area contributed by atoms with Crippen molar-refractivity contribution in [3.63, 3.8) is 0 Å². The average Bonchev–Trinajstić information content (AvgIpc) is 2.51. The average molecular weight is 288 g/mol. The third-order valence-electron chi connectivity index (χ3n) is 3.07. The van der Waals surface area contributed by atoms with Gasteiger partial charge < -0.3 is 15.4 Å². The second kappa shape index (κ2) is 7.44. The molecule has 0 bridgehead atoms. The summed E-state index contributed by atoms with van der Waals surface area (Å²) >= 11 is 0. The van der Waals surface area contributed by atoms with Gasteiger partial charge in [-0.25, -0.2) is 4.68 Å². The van der Waals surface area contributed by atoms with Gasteiger partial charge in [0.15, 0.2) is 0 Å². The van der Waals surface area contributed by atoms with E-state index in [1.54, 1.807) is 19.4 Å². The molecule has 2 rings (SSSR count). The second-order valence-corrected chi connectivity index (χ2v) is 4.62. The molecular formula is C15H20N4O2. The highest BCUT2D eigenvalue weighted by molar-refractivity contribution is 5.38. The van der Waals surface area contributed by atoms with Gasteiger partial charge in [-0.05, 0) is 24.7 Å². The number of aromatic nitrogens is 2. The molecular weight excluding hydrogens is 268 g/mol. The van der Waals surface area contributed by atoms with E-state index in [-0.39, 0.29) is 5.56 Å². The molecule has 0 aliphatic heterocycles. The lowest BCUT2D eigenvalue weighted by Gasteiger charge is -2.08. The zero-order valence-electron chi connectivity index (χ0n) is 12.3. The summed E-state index contributed by atoms with van der Waals surface area (Å²) in [5.74, 6) is 0.795. The zero-order chi connectivity index (χ0) is 15.1. The minimum absolute atomic E-state index is 0.125. The zero-order valence-corrected chi connectivity index (χ0v) is 12.3. The van der Waals surface area contributed by atoms with Crippen LogP contribution in [-0.2, 0) is 6.54 Å². The number of likely N-dealkylation sites (N-methyl/N-ethyl adjacent to an activating group) is 1. The fraction of sp³-hybridized carbons (Fsp3) is 0.333. The highest BCUT2D eigenvalue weighted by atomic mass is 16.5. The quantitative estimate of drug-likeness (QED) is 0.742. The van der Waals surface area contributed by atoms with Crippen molar-refractivity contribution < 1.29 is 4.74 Å². The van der Waals surface area contributed by atoms with Gasteiger partial charge in [0.1, 0.15) is 5.75 Å². The molecule has 2 N–H and O–H groups in total. The van der Waals surface area contributed by atoms with Gasteiger partial charge in [-0.3, -0.25) is 4.79 Å². The topological polar surface area (TPSA) is 68.2 Å². The maximum Gasteiger partial charge on any atom is 0.269 e. The Kier molecular flexibility index (Phi) is 5.34. The number of methoxy groups -OCH3 is 1. The van der Waals surface area contributed by atoms with Crippen LogP contribution in [0.2, 0.25) is 0 Å². The number of benzene rings is 1. The Morgan fingerprint density at radius 3 is 2.62 bits per heavy atom. The molecule has 112 valence electrons. The summed E-state index contributed by atoms with van der Waals surface area (Å²) in [6.07, 6.45) is 1.67. The van der Waals surface area contributed by atoms with E-state index in [1.165, 1.54) is 4.68 Å². The number of ether oxygens (including phenoxy) is 1. The third-order valence-corrected chi connectivity index (χ3v) is 3.07. The molecule has 0 saturated heterocycles. The minimum Gasteiger partial charge on any atom is -0.497 e. The molecule has 0 radical (unpaired) electrons. The first-order chi connectivity index (χ1) is 10.2. The smallest absolute Gasteiger partial charge is 0.269 e. The molecule has 0 atom stereocenters. The fourth-order valence-electron chi connectivity index (χ4n) is 1.88. The van der Waals surface area contributed by atoms with Crippen LogP contribution in [0.5, 0.6) is 5.75 Å². The van der Waals surface area contributed by atoms with E-state index in [9.17, 15) is 4.79 Å². The van der Waals surface area contributed by atoms with E-state index in [1.807, 2.05) is 31.3 Å². The van der Waals surface area contributed by atoms with Crippen LogP contribution in [0.15, 0.2) is 41.3 Å². The van der Waals surface area contributed by atoms with Crippen molar-refractivity contribution in [2.45, 2.75) is 6.54 Å².